The fraction of sp³-hybridized carbons (Fsp3) is 0.200. The van der Waals surface area contributed by atoms with Gasteiger partial charge in [0.1, 0.15) is 11.4 Å². The fourth-order valence-electron chi connectivity index (χ4n) is 8.14. The number of aromatic nitrogens is 4. The van der Waals surface area contributed by atoms with Crippen LogP contribution in [0.15, 0.2) is 133 Å². The minimum Gasteiger partial charge on any atom is -0.339 e. The lowest BCUT2D eigenvalue weighted by atomic mass is 10.0. The van der Waals surface area contributed by atoms with Crippen molar-refractivity contribution in [3.8, 4) is 0 Å². The van der Waals surface area contributed by atoms with E-state index < -0.39 is 0 Å². The number of fused-ring (bicyclic) bond motifs is 7. The molecule has 0 radical (unpaired) electrons. The van der Waals surface area contributed by atoms with Crippen LogP contribution in [0.5, 0.6) is 0 Å². The number of nitrogens with zero attached hydrogens (tertiary/aromatic N) is 8. The molecular formula is C50H46N8O2. The number of likely N-dealkylation sites (N-methyl/N-ethyl adjacent to an activating group) is 4. The van der Waals surface area contributed by atoms with E-state index in [4.69, 9.17) is 19.9 Å². The number of carbonyl (C=O) groups is 2. The van der Waals surface area contributed by atoms with Gasteiger partial charge in [0.05, 0.1) is 33.1 Å². The average Bonchev–Trinajstić information content (AvgIpc) is 3.28. The summed E-state index contributed by atoms with van der Waals surface area (Å²) >= 11 is 0. The van der Waals surface area contributed by atoms with E-state index in [1.807, 2.05) is 62.6 Å². The van der Waals surface area contributed by atoms with Crippen molar-refractivity contribution in [1.82, 2.24) is 39.5 Å². The normalized spacial score (nSPS) is 11.8. The highest BCUT2D eigenvalue weighted by molar-refractivity contribution is 6.06. The van der Waals surface area contributed by atoms with Gasteiger partial charge in [0.15, 0.2) is 0 Å². The van der Waals surface area contributed by atoms with E-state index in [0.29, 0.717) is 61.7 Å². The molecule has 4 aromatic heterocycles. The molecule has 0 saturated heterocycles. The third-order valence-corrected chi connectivity index (χ3v) is 11.5. The molecule has 4 heterocycles. The molecule has 0 unspecified atom stereocenters. The van der Waals surface area contributed by atoms with Crippen molar-refractivity contribution in [2.45, 2.75) is 13.1 Å². The molecule has 9 rings (SSSR count). The van der Waals surface area contributed by atoms with Gasteiger partial charge in [0, 0.05) is 85.7 Å². The maximum atomic E-state index is 13.8. The van der Waals surface area contributed by atoms with Gasteiger partial charge in [0.2, 0.25) is 0 Å². The van der Waals surface area contributed by atoms with E-state index in [1.165, 1.54) is 11.1 Å². The molecule has 0 atom stereocenters. The second-order valence-corrected chi connectivity index (χ2v) is 15.8. The van der Waals surface area contributed by atoms with E-state index in [0.717, 1.165) is 54.4 Å². The highest BCUT2D eigenvalue weighted by Gasteiger charge is 2.20. The molecule has 0 bridgehead atoms. The summed E-state index contributed by atoms with van der Waals surface area (Å²) in [5.41, 5.74) is 8.20. The SMILES string of the molecule is CN(CCN(C)C(=O)c1ccc2ccc3ccc(C(=O)N(C)CCN(C)Cc4c5ccccc5nc5ccccc45)nc3c2n1)Cc1c2ccccc2nc2ccccc12. The Kier molecular flexibility index (Phi) is 10.6. The van der Waals surface area contributed by atoms with Crippen molar-refractivity contribution in [2.24, 2.45) is 0 Å². The molecule has 0 aliphatic carbocycles. The van der Waals surface area contributed by atoms with E-state index in [-0.39, 0.29) is 11.8 Å². The smallest absolute Gasteiger partial charge is 0.272 e. The number of hydrogen-bond donors (Lipinski definition) is 0. The van der Waals surface area contributed by atoms with Crippen molar-refractivity contribution in [3.05, 3.63) is 156 Å². The van der Waals surface area contributed by atoms with Crippen molar-refractivity contribution < 1.29 is 9.59 Å². The Morgan fingerprint density at radius 1 is 0.400 bits per heavy atom. The lowest BCUT2D eigenvalue weighted by Gasteiger charge is -2.23. The summed E-state index contributed by atoms with van der Waals surface area (Å²) in [6.45, 7) is 3.78. The van der Waals surface area contributed by atoms with Gasteiger partial charge in [-0.25, -0.2) is 19.9 Å². The molecule has 9 aromatic rings. The molecular weight excluding hydrogens is 745 g/mol. The van der Waals surface area contributed by atoms with E-state index in [2.05, 4.69) is 96.7 Å². The van der Waals surface area contributed by atoms with Crippen LogP contribution < -0.4 is 0 Å². The number of amides is 2. The van der Waals surface area contributed by atoms with Crippen molar-refractivity contribution in [2.75, 3.05) is 54.4 Å². The quantitative estimate of drug-likeness (QED) is 0.0897. The van der Waals surface area contributed by atoms with Crippen LogP contribution in [0.4, 0.5) is 0 Å². The predicted molar refractivity (Wildman–Crippen MR) is 242 cm³/mol. The standard InChI is InChI=1S/C50H46N8O2/c1-55(31-39-35-13-5-9-17-41(35)51-42-18-10-6-14-36(39)42)27-29-57(3)49(59)45-25-23-33-21-22-34-24-26-46(54-48(34)47(33)53-45)50(60)58(4)30-28-56(2)32-40-37-15-7-11-19-43(37)52-44-20-12-8-16-38(40)44/h5-26H,27-32H2,1-4H3. The van der Waals surface area contributed by atoms with Gasteiger partial charge in [-0.05, 0) is 61.6 Å². The Balaban J connectivity index is 0.878. The molecule has 0 saturated carbocycles. The van der Waals surface area contributed by atoms with Crippen LogP contribution in [0, 0.1) is 0 Å². The maximum Gasteiger partial charge on any atom is 0.272 e. The first-order chi connectivity index (χ1) is 29.2. The predicted octanol–water partition coefficient (Wildman–Crippen LogP) is 8.59. The number of pyridine rings is 4. The summed E-state index contributed by atoms with van der Waals surface area (Å²) in [6.07, 6.45) is 0. The van der Waals surface area contributed by atoms with E-state index in [9.17, 15) is 9.59 Å². The van der Waals surface area contributed by atoms with Gasteiger partial charge < -0.3 is 19.6 Å². The van der Waals surface area contributed by atoms with Gasteiger partial charge in [-0.3, -0.25) is 9.59 Å². The summed E-state index contributed by atoms with van der Waals surface area (Å²) in [5, 5.41) is 6.24. The Morgan fingerprint density at radius 3 is 1.07 bits per heavy atom. The minimum atomic E-state index is -0.175. The Morgan fingerprint density at radius 2 is 0.717 bits per heavy atom. The first-order valence-corrected chi connectivity index (χ1v) is 20.3. The average molecular weight is 791 g/mol. The topological polar surface area (TPSA) is 98.7 Å². The third kappa shape index (κ3) is 7.58. The second-order valence-electron chi connectivity index (χ2n) is 15.8. The van der Waals surface area contributed by atoms with Gasteiger partial charge >= 0.3 is 0 Å². The number of hydrogen-bond acceptors (Lipinski definition) is 8. The van der Waals surface area contributed by atoms with Gasteiger partial charge in [-0.1, -0.05) is 97.1 Å². The molecule has 10 heteroatoms. The molecule has 10 nitrogen and oxygen atoms in total. The fourth-order valence-corrected chi connectivity index (χ4v) is 8.14. The molecule has 298 valence electrons. The summed E-state index contributed by atoms with van der Waals surface area (Å²) in [5.74, 6) is -0.350. The maximum absolute atomic E-state index is 13.8. The van der Waals surface area contributed by atoms with Gasteiger partial charge in [-0.15, -0.1) is 0 Å². The summed E-state index contributed by atoms with van der Waals surface area (Å²) in [4.78, 5) is 55.0. The number of carbonyl (C=O) groups excluding carboxylic acids is 2. The molecule has 2 amide bonds. The zero-order valence-corrected chi connectivity index (χ0v) is 34.3. The highest BCUT2D eigenvalue weighted by Crippen LogP contribution is 2.29. The lowest BCUT2D eigenvalue weighted by Crippen LogP contribution is -2.35. The number of benzene rings is 5. The van der Waals surface area contributed by atoms with Crippen LogP contribution in [0.3, 0.4) is 0 Å². The van der Waals surface area contributed by atoms with Crippen LogP contribution in [-0.2, 0) is 13.1 Å². The largest absolute Gasteiger partial charge is 0.339 e. The number of para-hydroxylation sites is 4. The Hall–Kier alpha value is -6.88. The zero-order valence-electron chi connectivity index (χ0n) is 34.3. The van der Waals surface area contributed by atoms with Crippen LogP contribution in [-0.4, -0.2) is 106 Å². The summed E-state index contributed by atoms with van der Waals surface area (Å²) < 4.78 is 0. The van der Waals surface area contributed by atoms with Crippen molar-refractivity contribution in [3.63, 3.8) is 0 Å². The van der Waals surface area contributed by atoms with Crippen LogP contribution >= 0.6 is 0 Å². The zero-order chi connectivity index (χ0) is 41.3. The van der Waals surface area contributed by atoms with Crippen LogP contribution in [0.25, 0.3) is 65.4 Å². The van der Waals surface area contributed by atoms with Gasteiger partial charge in [-0.2, -0.15) is 0 Å². The van der Waals surface area contributed by atoms with E-state index >= 15 is 0 Å². The number of rotatable bonds is 12. The van der Waals surface area contributed by atoms with Crippen LogP contribution in [0.2, 0.25) is 0 Å². The molecule has 60 heavy (non-hydrogen) atoms. The van der Waals surface area contributed by atoms with E-state index in [1.54, 1.807) is 21.9 Å². The monoisotopic (exact) mass is 790 g/mol. The second kappa shape index (κ2) is 16.4. The first-order valence-electron chi connectivity index (χ1n) is 20.3. The summed E-state index contributed by atoms with van der Waals surface area (Å²) in [6, 6.07) is 44.3. The minimum absolute atomic E-state index is 0.175. The highest BCUT2D eigenvalue weighted by atomic mass is 16.2. The molecule has 0 spiro atoms. The van der Waals surface area contributed by atoms with Crippen molar-refractivity contribution in [1.29, 1.82) is 0 Å². The molecule has 0 aliphatic heterocycles. The van der Waals surface area contributed by atoms with Gasteiger partial charge in [0.25, 0.3) is 11.8 Å². The third-order valence-electron chi connectivity index (χ3n) is 11.5. The van der Waals surface area contributed by atoms with Crippen molar-refractivity contribution >= 4 is 77.2 Å². The molecule has 5 aromatic carbocycles. The first kappa shape index (κ1) is 38.6. The molecule has 0 N–H and O–H groups in total. The van der Waals surface area contributed by atoms with Crippen LogP contribution in [0.1, 0.15) is 32.1 Å². The lowest BCUT2D eigenvalue weighted by molar-refractivity contribution is 0.0769. The Bertz CT molecular complexity index is 2780. The Labute approximate surface area is 348 Å². The summed E-state index contributed by atoms with van der Waals surface area (Å²) in [7, 11) is 7.78. The molecule has 0 aliphatic rings. The molecule has 0 fully saturated rings.